The number of hydrogen-bond donors (Lipinski definition) is 1. The summed E-state index contributed by atoms with van der Waals surface area (Å²) in [4.78, 5) is 15.9. The number of nitrogens with one attached hydrogen (secondary N) is 1. The van der Waals surface area contributed by atoms with E-state index in [1.54, 1.807) is 6.92 Å². The average Bonchev–Trinajstić information content (AvgIpc) is 2.91. The molecule has 2 aromatic carbocycles. The zero-order valence-electron chi connectivity index (χ0n) is 12.2. The molecule has 5 heteroatoms. The minimum atomic E-state index is -0.447. The van der Waals surface area contributed by atoms with Gasteiger partial charge in [-0.15, -0.1) is 0 Å². The van der Waals surface area contributed by atoms with Crippen molar-refractivity contribution in [3.63, 3.8) is 0 Å². The largest absolute Gasteiger partial charge is 0.445 e. The SMILES string of the molecule is Cc1nc2ccc(CNC(=O)OCc3ccccc3)cc2o1. The Morgan fingerprint density at radius 3 is 2.82 bits per heavy atom. The summed E-state index contributed by atoms with van der Waals surface area (Å²) in [5, 5.41) is 2.72. The number of aromatic nitrogens is 1. The molecule has 1 amide bonds. The van der Waals surface area contributed by atoms with Gasteiger partial charge in [-0.3, -0.25) is 0 Å². The van der Waals surface area contributed by atoms with E-state index >= 15 is 0 Å². The topological polar surface area (TPSA) is 64.4 Å². The molecule has 1 aromatic heterocycles. The number of aryl methyl sites for hydroxylation is 1. The molecule has 0 fully saturated rings. The van der Waals surface area contributed by atoms with Gasteiger partial charge in [-0.05, 0) is 23.3 Å². The number of amides is 1. The molecule has 0 spiro atoms. The van der Waals surface area contributed by atoms with Crippen LogP contribution in [-0.4, -0.2) is 11.1 Å². The first-order valence-corrected chi connectivity index (χ1v) is 7.01. The van der Waals surface area contributed by atoms with Crippen LogP contribution in [0, 0.1) is 6.92 Å². The molecule has 0 aliphatic rings. The van der Waals surface area contributed by atoms with Gasteiger partial charge in [0, 0.05) is 13.5 Å². The third kappa shape index (κ3) is 3.44. The van der Waals surface area contributed by atoms with Crippen molar-refractivity contribution in [2.45, 2.75) is 20.1 Å². The Morgan fingerprint density at radius 2 is 2.00 bits per heavy atom. The van der Waals surface area contributed by atoms with Gasteiger partial charge in [0.15, 0.2) is 11.5 Å². The van der Waals surface area contributed by atoms with Gasteiger partial charge in [0.2, 0.25) is 0 Å². The lowest BCUT2D eigenvalue weighted by molar-refractivity contribution is 0.139. The molecule has 0 aliphatic heterocycles. The van der Waals surface area contributed by atoms with E-state index < -0.39 is 6.09 Å². The van der Waals surface area contributed by atoms with Gasteiger partial charge in [-0.2, -0.15) is 0 Å². The molecule has 22 heavy (non-hydrogen) atoms. The summed E-state index contributed by atoms with van der Waals surface area (Å²) in [6, 6.07) is 15.2. The van der Waals surface area contributed by atoms with E-state index in [9.17, 15) is 4.79 Å². The van der Waals surface area contributed by atoms with Gasteiger partial charge in [0.1, 0.15) is 12.1 Å². The first-order chi connectivity index (χ1) is 10.7. The molecule has 3 aromatic rings. The minimum Gasteiger partial charge on any atom is -0.445 e. The monoisotopic (exact) mass is 296 g/mol. The normalized spacial score (nSPS) is 10.6. The van der Waals surface area contributed by atoms with E-state index in [-0.39, 0.29) is 6.61 Å². The van der Waals surface area contributed by atoms with Crippen molar-refractivity contribution in [3.05, 3.63) is 65.5 Å². The predicted octanol–water partition coefficient (Wildman–Crippen LogP) is 3.56. The second-order valence-electron chi connectivity index (χ2n) is 4.95. The summed E-state index contributed by atoms with van der Waals surface area (Å²) in [7, 11) is 0. The summed E-state index contributed by atoms with van der Waals surface area (Å²) in [5.41, 5.74) is 3.42. The number of alkyl carbamates (subject to hydrolysis) is 1. The number of fused-ring (bicyclic) bond motifs is 1. The van der Waals surface area contributed by atoms with E-state index in [2.05, 4.69) is 10.3 Å². The van der Waals surface area contributed by atoms with Crippen LogP contribution < -0.4 is 5.32 Å². The lowest BCUT2D eigenvalue weighted by atomic mass is 10.2. The van der Waals surface area contributed by atoms with Crippen molar-refractivity contribution in [2.24, 2.45) is 0 Å². The highest BCUT2D eigenvalue weighted by Crippen LogP contribution is 2.16. The fourth-order valence-electron chi connectivity index (χ4n) is 2.14. The number of oxazole rings is 1. The Morgan fingerprint density at radius 1 is 1.18 bits per heavy atom. The first-order valence-electron chi connectivity index (χ1n) is 7.01. The molecule has 1 heterocycles. The fraction of sp³-hybridized carbons (Fsp3) is 0.176. The molecular formula is C17H16N2O3. The van der Waals surface area contributed by atoms with Gasteiger partial charge in [-0.25, -0.2) is 9.78 Å². The van der Waals surface area contributed by atoms with E-state index in [1.807, 2.05) is 48.5 Å². The fourth-order valence-corrected chi connectivity index (χ4v) is 2.14. The quantitative estimate of drug-likeness (QED) is 0.799. The average molecular weight is 296 g/mol. The summed E-state index contributed by atoms with van der Waals surface area (Å²) in [6.07, 6.45) is -0.447. The Bertz CT molecular complexity index is 781. The van der Waals surface area contributed by atoms with Gasteiger partial charge >= 0.3 is 6.09 Å². The van der Waals surface area contributed by atoms with Crippen molar-refractivity contribution in [3.8, 4) is 0 Å². The zero-order chi connectivity index (χ0) is 15.4. The highest BCUT2D eigenvalue weighted by atomic mass is 16.5. The molecule has 0 bridgehead atoms. The molecule has 0 atom stereocenters. The van der Waals surface area contributed by atoms with Crippen molar-refractivity contribution in [1.29, 1.82) is 0 Å². The van der Waals surface area contributed by atoms with Crippen LogP contribution in [0.1, 0.15) is 17.0 Å². The third-order valence-corrected chi connectivity index (χ3v) is 3.21. The highest BCUT2D eigenvalue weighted by molar-refractivity contribution is 5.73. The van der Waals surface area contributed by atoms with Crippen LogP contribution in [0.3, 0.4) is 0 Å². The third-order valence-electron chi connectivity index (χ3n) is 3.21. The van der Waals surface area contributed by atoms with Crippen LogP contribution in [0.2, 0.25) is 0 Å². The molecule has 0 unspecified atom stereocenters. The van der Waals surface area contributed by atoms with Gasteiger partial charge in [0.05, 0.1) is 0 Å². The molecule has 0 saturated heterocycles. The molecule has 0 saturated carbocycles. The lowest BCUT2D eigenvalue weighted by Gasteiger charge is -2.07. The highest BCUT2D eigenvalue weighted by Gasteiger charge is 2.06. The van der Waals surface area contributed by atoms with E-state index in [0.717, 1.165) is 22.2 Å². The second-order valence-corrected chi connectivity index (χ2v) is 4.95. The number of nitrogens with zero attached hydrogens (tertiary/aromatic N) is 1. The van der Waals surface area contributed by atoms with Crippen molar-refractivity contribution in [2.75, 3.05) is 0 Å². The first kappa shape index (κ1) is 14.1. The van der Waals surface area contributed by atoms with E-state index in [1.165, 1.54) is 0 Å². The maximum atomic E-state index is 11.7. The van der Waals surface area contributed by atoms with E-state index in [0.29, 0.717) is 12.4 Å². The van der Waals surface area contributed by atoms with Crippen LogP contribution in [0.25, 0.3) is 11.1 Å². The van der Waals surface area contributed by atoms with Crippen molar-refractivity contribution >= 4 is 17.2 Å². The number of rotatable bonds is 4. The summed E-state index contributed by atoms with van der Waals surface area (Å²) in [5.74, 6) is 0.627. The molecular weight excluding hydrogens is 280 g/mol. The minimum absolute atomic E-state index is 0.257. The van der Waals surface area contributed by atoms with Crippen LogP contribution in [0.15, 0.2) is 52.9 Å². The second kappa shape index (κ2) is 6.30. The zero-order valence-corrected chi connectivity index (χ0v) is 12.2. The number of ether oxygens (including phenoxy) is 1. The molecule has 112 valence electrons. The van der Waals surface area contributed by atoms with Crippen LogP contribution in [-0.2, 0) is 17.9 Å². The molecule has 3 rings (SSSR count). The molecule has 5 nitrogen and oxygen atoms in total. The standard InChI is InChI=1S/C17H16N2O3/c1-12-19-15-8-7-14(9-16(15)22-12)10-18-17(20)21-11-13-5-3-2-4-6-13/h2-9H,10-11H2,1H3,(H,18,20). The van der Waals surface area contributed by atoms with E-state index in [4.69, 9.17) is 9.15 Å². The lowest BCUT2D eigenvalue weighted by Crippen LogP contribution is -2.23. The van der Waals surface area contributed by atoms with Crippen LogP contribution in [0.4, 0.5) is 4.79 Å². The Hall–Kier alpha value is -2.82. The van der Waals surface area contributed by atoms with Crippen LogP contribution >= 0.6 is 0 Å². The van der Waals surface area contributed by atoms with Gasteiger partial charge in [0.25, 0.3) is 0 Å². The number of carbonyl (C=O) groups excluding carboxylic acids is 1. The molecule has 0 radical (unpaired) electrons. The Labute approximate surface area is 127 Å². The number of carbonyl (C=O) groups is 1. The van der Waals surface area contributed by atoms with Gasteiger partial charge < -0.3 is 14.5 Å². The maximum absolute atomic E-state index is 11.7. The number of hydrogen-bond acceptors (Lipinski definition) is 4. The Kier molecular flexibility index (Phi) is 4.05. The van der Waals surface area contributed by atoms with Gasteiger partial charge in [-0.1, -0.05) is 36.4 Å². The molecule has 0 aliphatic carbocycles. The maximum Gasteiger partial charge on any atom is 0.407 e. The van der Waals surface area contributed by atoms with Crippen molar-refractivity contribution < 1.29 is 13.9 Å². The Balaban J connectivity index is 1.53. The van der Waals surface area contributed by atoms with Crippen LogP contribution in [0.5, 0.6) is 0 Å². The molecule has 1 N–H and O–H groups in total. The predicted molar refractivity (Wildman–Crippen MR) is 82.2 cm³/mol. The summed E-state index contributed by atoms with van der Waals surface area (Å²) in [6.45, 7) is 2.44. The summed E-state index contributed by atoms with van der Waals surface area (Å²) >= 11 is 0. The van der Waals surface area contributed by atoms with Crippen molar-refractivity contribution in [1.82, 2.24) is 10.3 Å². The smallest absolute Gasteiger partial charge is 0.407 e. The summed E-state index contributed by atoms with van der Waals surface area (Å²) < 4.78 is 10.6. The number of benzene rings is 2.